The van der Waals surface area contributed by atoms with Gasteiger partial charge in [0.25, 0.3) is 0 Å². The molecule has 3 aliphatic heterocycles. The van der Waals surface area contributed by atoms with Crippen LogP contribution in [0.1, 0.15) is 49.0 Å². The molecule has 0 aliphatic carbocycles. The van der Waals surface area contributed by atoms with E-state index in [0.717, 1.165) is 23.1 Å². The van der Waals surface area contributed by atoms with Crippen LogP contribution in [0.2, 0.25) is 0 Å². The smallest absolute Gasteiger partial charge is 0.411 e. The van der Waals surface area contributed by atoms with Crippen LogP contribution < -0.4 is 15.4 Å². The number of aldehydes is 1. The van der Waals surface area contributed by atoms with Gasteiger partial charge in [-0.3, -0.25) is 14.9 Å². The lowest BCUT2D eigenvalue weighted by Crippen LogP contribution is -2.56. The number of hydrogen-bond acceptors (Lipinski definition) is 7. The first-order chi connectivity index (χ1) is 21.2. The summed E-state index contributed by atoms with van der Waals surface area (Å²) in [6, 6.07) is 21.2. The molecule has 9 nitrogen and oxygen atoms in total. The Kier molecular flexibility index (Phi) is 8.67. The molecule has 2 bridgehead atoms. The Bertz CT molecular complexity index is 1560. The minimum Gasteiger partial charge on any atom is -0.496 e. The van der Waals surface area contributed by atoms with Crippen LogP contribution in [-0.2, 0) is 20.7 Å². The second kappa shape index (κ2) is 12.5. The molecule has 44 heavy (non-hydrogen) atoms. The number of aryl methyl sites for hydroxylation is 1. The Labute approximate surface area is 271 Å². The number of fused-ring (bicyclic) bond motifs is 5. The standard InChI is InChI=1S/C34H36IN3O6/c1-34(2)18-27(29-30-31(44-30)32(34)38(29)35)43-33(41)37-25-16-20(12-15-24(25)21-9-5-4-6-10-21)8-7-11-28(40)36-23-14-13-22(19-39)26(17-23)42-3/h4-6,9-10,12-17,19,27,29-32H,7-8,11,18H2,1-3H3,(H,36,40)(H,37,41). The van der Waals surface area contributed by atoms with Gasteiger partial charge in [0.15, 0.2) is 6.29 Å². The predicted molar refractivity (Wildman–Crippen MR) is 176 cm³/mol. The van der Waals surface area contributed by atoms with Gasteiger partial charge in [0, 0.05) is 46.6 Å². The molecule has 3 aliphatic rings. The summed E-state index contributed by atoms with van der Waals surface area (Å²) in [5, 5.41) is 5.90. The van der Waals surface area contributed by atoms with Crippen molar-refractivity contribution in [1.82, 2.24) is 3.11 Å². The van der Waals surface area contributed by atoms with E-state index in [1.54, 1.807) is 18.2 Å². The maximum atomic E-state index is 13.4. The molecule has 3 saturated heterocycles. The summed E-state index contributed by atoms with van der Waals surface area (Å²) in [5.41, 5.74) is 4.48. The van der Waals surface area contributed by atoms with E-state index >= 15 is 0 Å². The van der Waals surface area contributed by atoms with E-state index in [0.29, 0.717) is 54.3 Å². The normalized spacial score (nSPS) is 24.6. The molecule has 0 radical (unpaired) electrons. The highest BCUT2D eigenvalue weighted by Crippen LogP contribution is 2.57. The van der Waals surface area contributed by atoms with Crippen LogP contribution in [0.25, 0.3) is 11.1 Å². The number of amides is 2. The molecule has 5 unspecified atom stereocenters. The number of anilines is 2. The van der Waals surface area contributed by atoms with Gasteiger partial charge in [0.2, 0.25) is 5.91 Å². The first-order valence-electron chi connectivity index (χ1n) is 14.9. The number of piperidine rings is 1. The number of rotatable bonds is 10. The monoisotopic (exact) mass is 709 g/mol. The van der Waals surface area contributed by atoms with E-state index in [1.807, 2.05) is 48.5 Å². The fourth-order valence-corrected chi connectivity index (χ4v) is 8.46. The maximum absolute atomic E-state index is 13.4. The van der Waals surface area contributed by atoms with Crippen molar-refractivity contribution in [2.75, 3.05) is 17.7 Å². The summed E-state index contributed by atoms with van der Waals surface area (Å²) < 4.78 is 19.6. The van der Waals surface area contributed by atoms with Crippen molar-refractivity contribution in [3.63, 3.8) is 0 Å². The number of ether oxygens (including phenoxy) is 3. The number of nitrogens with one attached hydrogen (secondary N) is 2. The van der Waals surface area contributed by atoms with Crippen molar-refractivity contribution in [2.24, 2.45) is 5.41 Å². The lowest BCUT2D eigenvalue weighted by atomic mass is 9.77. The average molecular weight is 710 g/mol. The number of carbonyl (C=O) groups is 3. The van der Waals surface area contributed by atoms with Gasteiger partial charge in [-0.25, -0.2) is 7.91 Å². The fourth-order valence-electron chi connectivity index (χ4n) is 6.71. The van der Waals surface area contributed by atoms with Crippen LogP contribution >= 0.6 is 22.9 Å². The summed E-state index contributed by atoms with van der Waals surface area (Å²) in [6.45, 7) is 4.44. The number of epoxide rings is 1. The highest BCUT2D eigenvalue weighted by molar-refractivity contribution is 14.1. The summed E-state index contributed by atoms with van der Waals surface area (Å²) in [5.74, 6) is 0.274. The minimum absolute atomic E-state index is 0.0367. The lowest BCUT2D eigenvalue weighted by molar-refractivity contribution is -0.116. The second-order valence-corrected chi connectivity index (χ2v) is 13.4. The number of morpholine rings is 1. The van der Waals surface area contributed by atoms with E-state index < -0.39 is 6.09 Å². The van der Waals surface area contributed by atoms with Crippen LogP contribution in [0.3, 0.4) is 0 Å². The molecule has 5 atom stereocenters. The third-order valence-electron chi connectivity index (χ3n) is 8.85. The molecule has 0 saturated carbocycles. The van der Waals surface area contributed by atoms with Crippen molar-refractivity contribution >= 4 is 52.5 Å². The molecule has 0 spiro atoms. The van der Waals surface area contributed by atoms with Gasteiger partial charge in [-0.1, -0.05) is 56.3 Å². The number of benzene rings is 3. The highest BCUT2D eigenvalue weighted by Gasteiger charge is 2.70. The number of nitrogens with zero attached hydrogens (tertiary/aromatic N) is 1. The van der Waals surface area contributed by atoms with E-state index in [-0.39, 0.29) is 35.7 Å². The second-order valence-electron chi connectivity index (χ2n) is 12.3. The maximum Gasteiger partial charge on any atom is 0.411 e. The molecule has 3 aromatic rings. The van der Waals surface area contributed by atoms with E-state index in [4.69, 9.17) is 14.2 Å². The van der Waals surface area contributed by atoms with Crippen molar-refractivity contribution in [2.45, 2.75) is 69.9 Å². The molecule has 230 valence electrons. The number of carbonyl (C=O) groups excluding carboxylic acids is 3. The Morgan fingerprint density at radius 3 is 2.61 bits per heavy atom. The van der Waals surface area contributed by atoms with Crippen molar-refractivity contribution < 1.29 is 28.6 Å². The van der Waals surface area contributed by atoms with Gasteiger partial charge in [-0.2, -0.15) is 0 Å². The Morgan fingerprint density at radius 2 is 1.86 bits per heavy atom. The molecule has 2 amide bonds. The molecule has 10 heteroatoms. The quantitative estimate of drug-likeness (QED) is 0.105. The zero-order valence-corrected chi connectivity index (χ0v) is 27.1. The van der Waals surface area contributed by atoms with Gasteiger partial charge in [0.1, 0.15) is 24.1 Å². The summed E-state index contributed by atoms with van der Waals surface area (Å²) >= 11 is 2.37. The number of hydrogen-bond donors (Lipinski definition) is 2. The van der Waals surface area contributed by atoms with Crippen LogP contribution in [0.4, 0.5) is 16.2 Å². The molecule has 3 heterocycles. The summed E-state index contributed by atoms with van der Waals surface area (Å²) in [6.07, 6.45) is 2.64. The van der Waals surface area contributed by atoms with Crippen LogP contribution in [0.15, 0.2) is 66.7 Å². The van der Waals surface area contributed by atoms with E-state index in [9.17, 15) is 14.4 Å². The zero-order chi connectivity index (χ0) is 31.0. The van der Waals surface area contributed by atoms with Crippen molar-refractivity contribution in [3.8, 4) is 16.9 Å². The van der Waals surface area contributed by atoms with Crippen molar-refractivity contribution in [3.05, 3.63) is 77.9 Å². The van der Waals surface area contributed by atoms with Gasteiger partial charge in [-0.15, -0.1) is 0 Å². The third kappa shape index (κ3) is 6.20. The van der Waals surface area contributed by atoms with Gasteiger partial charge < -0.3 is 19.5 Å². The average Bonchev–Trinajstić information content (AvgIpc) is 3.71. The van der Waals surface area contributed by atoms with Gasteiger partial charge in [0.05, 0.1) is 30.4 Å². The molecule has 3 fully saturated rings. The fraction of sp³-hybridized carbons (Fsp3) is 0.382. The molecular weight excluding hydrogens is 673 g/mol. The minimum atomic E-state index is -0.483. The van der Waals surface area contributed by atoms with Crippen LogP contribution in [0.5, 0.6) is 5.75 Å². The van der Waals surface area contributed by atoms with Crippen LogP contribution in [-0.4, -0.2) is 58.9 Å². The Balaban J connectivity index is 1.12. The third-order valence-corrected chi connectivity index (χ3v) is 10.1. The molecule has 6 rings (SSSR count). The molecular formula is C34H36IN3O6. The van der Waals surface area contributed by atoms with Gasteiger partial charge >= 0.3 is 6.09 Å². The topological polar surface area (TPSA) is 110 Å². The SMILES string of the molecule is COc1cc(NC(=O)CCCc2ccc(-c3ccccc3)c(NC(=O)OC3CC(C)(C)C4C5OC5C3N4I)c2)ccc1C=O. The molecule has 0 aromatic heterocycles. The highest BCUT2D eigenvalue weighted by atomic mass is 127. The first kappa shape index (κ1) is 30.5. The summed E-state index contributed by atoms with van der Waals surface area (Å²) in [7, 11) is 1.48. The zero-order valence-electron chi connectivity index (χ0n) is 24.9. The number of methoxy groups -OCH3 is 1. The van der Waals surface area contributed by atoms with Gasteiger partial charge in [-0.05, 0) is 54.0 Å². The number of halogens is 1. The summed E-state index contributed by atoms with van der Waals surface area (Å²) in [4.78, 5) is 37.2. The Morgan fingerprint density at radius 1 is 1.07 bits per heavy atom. The van der Waals surface area contributed by atoms with E-state index in [2.05, 4.69) is 50.5 Å². The lowest BCUT2D eigenvalue weighted by Gasteiger charge is -2.46. The van der Waals surface area contributed by atoms with Crippen molar-refractivity contribution in [1.29, 1.82) is 0 Å². The predicted octanol–water partition coefficient (Wildman–Crippen LogP) is 6.65. The molecule has 2 N–H and O–H groups in total. The molecule has 3 aromatic carbocycles. The van der Waals surface area contributed by atoms with Crippen LogP contribution in [0, 0.1) is 5.41 Å². The first-order valence-corrected chi connectivity index (χ1v) is 15.8. The largest absolute Gasteiger partial charge is 0.496 e. The van der Waals surface area contributed by atoms with E-state index in [1.165, 1.54) is 7.11 Å². The Hall–Kier alpha value is -3.48.